The number of halogens is 1. The lowest BCUT2D eigenvalue weighted by atomic mass is 9.81. The maximum Gasteiger partial charge on any atom is 0.311 e. The number of carboxylic acid groups (broad SMARTS) is 1. The summed E-state index contributed by atoms with van der Waals surface area (Å²) in [5.41, 5.74) is -0.989. The Balaban J connectivity index is 1.94. The Labute approximate surface area is 133 Å². The number of carbonyl (C=O) groups is 1. The second-order valence-corrected chi connectivity index (χ2v) is 8.08. The number of benzene rings is 1. The van der Waals surface area contributed by atoms with Crippen LogP contribution >= 0.6 is 0 Å². The van der Waals surface area contributed by atoms with Crippen LogP contribution in [0.5, 0.6) is 5.75 Å². The molecule has 3 rings (SSSR count). The van der Waals surface area contributed by atoms with Crippen LogP contribution in [0.25, 0.3) is 0 Å². The van der Waals surface area contributed by atoms with Gasteiger partial charge in [-0.25, -0.2) is 12.8 Å². The number of fused-ring (bicyclic) bond motifs is 1. The maximum absolute atomic E-state index is 13.5. The first-order chi connectivity index (χ1) is 10.8. The van der Waals surface area contributed by atoms with Gasteiger partial charge < -0.3 is 9.84 Å². The van der Waals surface area contributed by atoms with Crippen LogP contribution in [0.1, 0.15) is 19.3 Å². The Morgan fingerprint density at radius 2 is 2.22 bits per heavy atom. The predicted octanol–water partition coefficient (Wildman–Crippen LogP) is 1.71. The quantitative estimate of drug-likeness (QED) is 0.900. The van der Waals surface area contributed by atoms with Gasteiger partial charge in [-0.1, -0.05) is 6.42 Å². The highest BCUT2D eigenvalue weighted by molar-refractivity contribution is 7.89. The molecule has 0 radical (unpaired) electrons. The molecule has 0 spiro atoms. The van der Waals surface area contributed by atoms with E-state index in [2.05, 4.69) is 0 Å². The predicted molar refractivity (Wildman–Crippen MR) is 79.1 cm³/mol. The van der Waals surface area contributed by atoms with E-state index in [0.29, 0.717) is 12.8 Å². The lowest BCUT2D eigenvalue weighted by Gasteiger charge is -2.23. The summed E-state index contributed by atoms with van der Waals surface area (Å²) >= 11 is 0. The number of carboxylic acids is 1. The van der Waals surface area contributed by atoms with E-state index < -0.39 is 27.2 Å². The van der Waals surface area contributed by atoms with Crippen molar-refractivity contribution in [3.8, 4) is 5.75 Å². The summed E-state index contributed by atoms with van der Waals surface area (Å²) in [5, 5.41) is 9.56. The minimum atomic E-state index is -3.88. The first-order valence-corrected chi connectivity index (χ1v) is 8.82. The SMILES string of the molecule is COc1cc(S(=O)(=O)N2C[C@@H]3CCC[C@@]3(C(=O)O)C2)ccc1F. The number of hydrogen-bond donors (Lipinski definition) is 1. The number of hydrogen-bond acceptors (Lipinski definition) is 4. The number of nitrogens with zero attached hydrogens (tertiary/aromatic N) is 1. The molecule has 1 aromatic carbocycles. The second-order valence-electron chi connectivity index (χ2n) is 6.14. The van der Waals surface area contributed by atoms with Crippen molar-refractivity contribution < 1.29 is 27.4 Å². The Morgan fingerprint density at radius 1 is 1.48 bits per heavy atom. The highest BCUT2D eigenvalue weighted by Gasteiger charge is 2.57. The summed E-state index contributed by atoms with van der Waals surface area (Å²) in [4.78, 5) is 11.6. The van der Waals surface area contributed by atoms with E-state index in [9.17, 15) is 22.7 Å². The van der Waals surface area contributed by atoms with Crippen LogP contribution in [-0.4, -0.2) is 44.0 Å². The number of rotatable bonds is 4. The van der Waals surface area contributed by atoms with Crippen LogP contribution in [0.15, 0.2) is 23.1 Å². The molecule has 0 unspecified atom stereocenters. The van der Waals surface area contributed by atoms with Gasteiger partial charge in [-0.05, 0) is 30.9 Å². The van der Waals surface area contributed by atoms with E-state index in [1.54, 1.807) is 0 Å². The van der Waals surface area contributed by atoms with E-state index >= 15 is 0 Å². The Bertz CT molecular complexity index is 750. The third-order valence-electron chi connectivity index (χ3n) is 5.03. The molecule has 1 heterocycles. The molecular weight excluding hydrogens is 325 g/mol. The normalized spacial score (nSPS) is 27.8. The van der Waals surface area contributed by atoms with Crippen molar-refractivity contribution >= 4 is 16.0 Å². The van der Waals surface area contributed by atoms with Crippen molar-refractivity contribution in [1.29, 1.82) is 0 Å². The molecule has 0 aromatic heterocycles. The first-order valence-electron chi connectivity index (χ1n) is 7.38. The minimum absolute atomic E-state index is 0.0327. The lowest BCUT2D eigenvalue weighted by Crippen LogP contribution is -2.37. The second kappa shape index (κ2) is 5.45. The van der Waals surface area contributed by atoms with Crippen LogP contribution in [0.4, 0.5) is 4.39 Å². The van der Waals surface area contributed by atoms with E-state index in [1.807, 2.05) is 0 Å². The summed E-state index contributed by atoms with van der Waals surface area (Å²) in [7, 11) is -2.62. The van der Waals surface area contributed by atoms with Crippen LogP contribution in [0.2, 0.25) is 0 Å². The molecule has 2 fully saturated rings. The van der Waals surface area contributed by atoms with Crippen LogP contribution in [0, 0.1) is 17.2 Å². The molecule has 8 heteroatoms. The van der Waals surface area contributed by atoms with Crippen LogP contribution in [0.3, 0.4) is 0 Å². The van der Waals surface area contributed by atoms with Gasteiger partial charge in [0.05, 0.1) is 17.4 Å². The van der Waals surface area contributed by atoms with Crippen molar-refractivity contribution in [2.75, 3.05) is 20.2 Å². The largest absolute Gasteiger partial charge is 0.494 e. The molecule has 1 aliphatic heterocycles. The van der Waals surface area contributed by atoms with Gasteiger partial charge in [-0.3, -0.25) is 4.79 Å². The number of sulfonamides is 1. The smallest absolute Gasteiger partial charge is 0.311 e. The topological polar surface area (TPSA) is 83.9 Å². The zero-order valence-electron chi connectivity index (χ0n) is 12.7. The summed E-state index contributed by atoms with van der Waals surface area (Å²) in [6.45, 7) is 0.156. The van der Waals surface area contributed by atoms with E-state index in [4.69, 9.17) is 4.74 Å². The fraction of sp³-hybridized carbons (Fsp3) is 0.533. The Hall–Kier alpha value is -1.67. The molecule has 23 heavy (non-hydrogen) atoms. The highest BCUT2D eigenvalue weighted by atomic mass is 32.2. The molecule has 1 aromatic rings. The van der Waals surface area contributed by atoms with Gasteiger partial charge in [0, 0.05) is 19.2 Å². The van der Waals surface area contributed by atoms with Crippen molar-refractivity contribution in [3.05, 3.63) is 24.0 Å². The van der Waals surface area contributed by atoms with E-state index in [-0.39, 0.29) is 29.7 Å². The number of methoxy groups -OCH3 is 1. The van der Waals surface area contributed by atoms with Crippen LogP contribution < -0.4 is 4.74 Å². The Kier molecular flexibility index (Phi) is 3.84. The van der Waals surface area contributed by atoms with Crippen molar-refractivity contribution in [2.24, 2.45) is 11.3 Å². The standard InChI is InChI=1S/C15H18FNO5S/c1-22-13-7-11(4-5-12(13)16)23(20,21)17-8-10-3-2-6-15(10,9-17)14(18)19/h4-5,7,10H,2-3,6,8-9H2,1H3,(H,18,19)/t10-,15+/m0/s1. The molecular formula is C15H18FNO5S. The summed E-state index contributed by atoms with van der Waals surface area (Å²) in [6.07, 6.45) is 2.01. The average molecular weight is 343 g/mol. The summed E-state index contributed by atoms with van der Waals surface area (Å²) < 4.78 is 45.0. The van der Waals surface area contributed by atoms with Crippen molar-refractivity contribution in [1.82, 2.24) is 4.31 Å². The molecule has 0 amide bonds. The van der Waals surface area contributed by atoms with Gasteiger partial charge in [-0.15, -0.1) is 0 Å². The molecule has 1 saturated carbocycles. The van der Waals surface area contributed by atoms with E-state index in [0.717, 1.165) is 18.6 Å². The molecule has 2 atom stereocenters. The number of aliphatic carboxylic acids is 1. The minimum Gasteiger partial charge on any atom is -0.494 e. The molecule has 126 valence electrons. The van der Waals surface area contributed by atoms with Gasteiger partial charge >= 0.3 is 5.97 Å². The molecule has 1 N–H and O–H groups in total. The van der Waals surface area contributed by atoms with Gasteiger partial charge in [0.2, 0.25) is 10.0 Å². The zero-order chi connectivity index (χ0) is 16.8. The number of ether oxygens (including phenoxy) is 1. The molecule has 2 aliphatic rings. The summed E-state index contributed by atoms with van der Waals surface area (Å²) in [6, 6.07) is 3.34. The van der Waals surface area contributed by atoms with Crippen LogP contribution in [-0.2, 0) is 14.8 Å². The fourth-order valence-corrected chi connectivity index (χ4v) is 5.30. The highest BCUT2D eigenvalue weighted by Crippen LogP contribution is 2.50. The lowest BCUT2D eigenvalue weighted by molar-refractivity contribution is -0.149. The molecule has 6 nitrogen and oxygen atoms in total. The monoisotopic (exact) mass is 343 g/mol. The van der Waals surface area contributed by atoms with E-state index in [1.165, 1.54) is 17.5 Å². The molecule has 1 aliphatic carbocycles. The summed E-state index contributed by atoms with van der Waals surface area (Å²) in [5.74, 6) is -1.91. The van der Waals surface area contributed by atoms with Gasteiger partial charge in [-0.2, -0.15) is 4.31 Å². The molecule has 0 bridgehead atoms. The van der Waals surface area contributed by atoms with Crippen molar-refractivity contribution in [3.63, 3.8) is 0 Å². The Morgan fingerprint density at radius 3 is 2.83 bits per heavy atom. The van der Waals surface area contributed by atoms with Crippen molar-refractivity contribution in [2.45, 2.75) is 24.2 Å². The zero-order valence-corrected chi connectivity index (χ0v) is 13.5. The maximum atomic E-state index is 13.5. The van der Waals surface area contributed by atoms with Gasteiger partial charge in [0.1, 0.15) is 0 Å². The third kappa shape index (κ3) is 2.40. The van der Waals surface area contributed by atoms with Gasteiger partial charge in [0.25, 0.3) is 0 Å². The average Bonchev–Trinajstić information content (AvgIpc) is 3.05. The first kappa shape index (κ1) is 16.2. The van der Waals surface area contributed by atoms with Gasteiger partial charge in [0.15, 0.2) is 11.6 Å². The molecule has 1 saturated heterocycles. The fourth-order valence-electron chi connectivity index (χ4n) is 3.73. The third-order valence-corrected chi connectivity index (χ3v) is 6.83.